The first-order chi connectivity index (χ1) is 10.0. The maximum atomic E-state index is 5.81. The largest absolute Gasteiger partial charge is 0.492 e. The van der Waals surface area contributed by atoms with Crippen LogP contribution in [0.5, 0.6) is 5.75 Å². The molecule has 0 amide bonds. The van der Waals surface area contributed by atoms with Gasteiger partial charge in [0.1, 0.15) is 5.75 Å². The van der Waals surface area contributed by atoms with Crippen LogP contribution in [0.15, 0.2) is 18.2 Å². The van der Waals surface area contributed by atoms with Gasteiger partial charge in [-0.05, 0) is 37.6 Å². The lowest BCUT2D eigenvalue weighted by atomic mass is 9.82. The lowest BCUT2D eigenvalue weighted by Gasteiger charge is -2.28. The Balaban J connectivity index is 1.93. The van der Waals surface area contributed by atoms with Crippen LogP contribution in [-0.4, -0.2) is 25.9 Å². The molecule has 0 spiro atoms. The first kappa shape index (κ1) is 14.9. The van der Waals surface area contributed by atoms with E-state index in [0.29, 0.717) is 18.1 Å². The molecule has 2 aliphatic rings. The van der Waals surface area contributed by atoms with E-state index >= 15 is 0 Å². The molecule has 3 atom stereocenters. The van der Waals surface area contributed by atoms with Crippen molar-refractivity contribution in [2.24, 2.45) is 5.92 Å². The molecule has 1 aromatic rings. The summed E-state index contributed by atoms with van der Waals surface area (Å²) in [6.07, 6.45) is 1.46. The van der Waals surface area contributed by atoms with Crippen LogP contribution in [0.25, 0.3) is 0 Å². The van der Waals surface area contributed by atoms with Gasteiger partial charge >= 0.3 is 0 Å². The Morgan fingerprint density at radius 3 is 2.86 bits per heavy atom. The van der Waals surface area contributed by atoms with E-state index in [-0.39, 0.29) is 5.41 Å². The van der Waals surface area contributed by atoms with Gasteiger partial charge in [-0.1, -0.05) is 26.8 Å². The fraction of sp³-hybridized carbons (Fsp3) is 0.667. The number of nitrogens with one attached hydrogen (secondary N) is 1. The minimum atomic E-state index is 0.111. The number of hydrogen-bond acceptors (Lipinski definition) is 3. The van der Waals surface area contributed by atoms with E-state index in [2.05, 4.69) is 51.2 Å². The Kier molecular flexibility index (Phi) is 3.98. The highest BCUT2D eigenvalue weighted by Gasteiger charge is 2.35. The third-order valence-corrected chi connectivity index (χ3v) is 4.97. The first-order valence-corrected chi connectivity index (χ1v) is 8.15. The number of hydrogen-bond donors (Lipinski definition) is 1. The predicted molar refractivity (Wildman–Crippen MR) is 84.9 cm³/mol. The smallest absolute Gasteiger partial charge is 0.123 e. The highest BCUT2D eigenvalue weighted by molar-refractivity contribution is 5.46. The maximum absolute atomic E-state index is 5.81. The zero-order chi connectivity index (χ0) is 15.0. The predicted octanol–water partition coefficient (Wildman–Crippen LogP) is 3.43. The highest BCUT2D eigenvalue weighted by atomic mass is 16.5. The van der Waals surface area contributed by atoms with Gasteiger partial charge in [-0.3, -0.25) is 0 Å². The van der Waals surface area contributed by atoms with Gasteiger partial charge in [-0.25, -0.2) is 0 Å². The molecule has 3 unspecified atom stereocenters. The van der Waals surface area contributed by atoms with Crippen LogP contribution in [0, 0.1) is 5.92 Å². The second-order valence-electron chi connectivity index (χ2n) is 6.99. The maximum Gasteiger partial charge on any atom is 0.123 e. The van der Waals surface area contributed by atoms with E-state index in [4.69, 9.17) is 9.47 Å². The van der Waals surface area contributed by atoms with Crippen molar-refractivity contribution in [2.45, 2.75) is 51.7 Å². The van der Waals surface area contributed by atoms with E-state index in [1.165, 1.54) is 11.1 Å². The molecule has 3 rings (SSSR count). The third kappa shape index (κ3) is 2.69. The van der Waals surface area contributed by atoms with E-state index in [1.807, 2.05) is 0 Å². The molecule has 1 N–H and O–H groups in total. The molecular formula is C18H27NO2. The minimum Gasteiger partial charge on any atom is -0.492 e. The van der Waals surface area contributed by atoms with Crippen LogP contribution < -0.4 is 10.1 Å². The quantitative estimate of drug-likeness (QED) is 0.921. The summed E-state index contributed by atoms with van der Waals surface area (Å²) in [6, 6.07) is 7.08. The van der Waals surface area contributed by atoms with Gasteiger partial charge in [0.15, 0.2) is 0 Å². The molecule has 116 valence electrons. The average molecular weight is 289 g/mol. The summed E-state index contributed by atoms with van der Waals surface area (Å²) in [5.74, 6) is 1.60. The summed E-state index contributed by atoms with van der Waals surface area (Å²) in [6.45, 7) is 11.5. The lowest BCUT2D eigenvalue weighted by Crippen LogP contribution is -2.32. The van der Waals surface area contributed by atoms with Gasteiger partial charge in [0.05, 0.1) is 12.7 Å². The Morgan fingerprint density at radius 1 is 1.38 bits per heavy atom. The second kappa shape index (κ2) is 5.62. The normalized spacial score (nSPS) is 28.2. The monoisotopic (exact) mass is 289 g/mol. The molecule has 2 heterocycles. The standard InChI is InChI=1S/C18H27NO2/c1-5-19-17(14-8-9-20-12(14)2)13-6-7-16-15(10-13)18(3,4)11-21-16/h6-7,10,12,14,17,19H,5,8-9,11H2,1-4H3. The average Bonchev–Trinajstić information content (AvgIpc) is 3.00. The Hall–Kier alpha value is -1.06. The van der Waals surface area contributed by atoms with Gasteiger partial charge < -0.3 is 14.8 Å². The van der Waals surface area contributed by atoms with Crippen molar-refractivity contribution in [3.63, 3.8) is 0 Å². The third-order valence-electron chi connectivity index (χ3n) is 4.97. The molecule has 1 fully saturated rings. The van der Waals surface area contributed by atoms with Crippen LogP contribution in [-0.2, 0) is 10.2 Å². The fourth-order valence-electron chi connectivity index (χ4n) is 3.65. The summed E-state index contributed by atoms with van der Waals surface area (Å²) in [7, 11) is 0. The number of benzene rings is 1. The lowest BCUT2D eigenvalue weighted by molar-refractivity contribution is 0.0955. The topological polar surface area (TPSA) is 30.5 Å². The van der Waals surface area contributed by atoms with E-state index < -0.39 is 0 Å². The summed E-state index contributed by atoms with van der Waals surface area (Å²) >= 11 is 0. The molecule has 1 saturated heterocycles. The van der Waals surface area contributed by atoms with Crippen molar-refractivity contribution < 1.29 is 9.47 Å². The van der Waals surface area contributed by atoms with Gasteiger partial charge in [-0.15, -0.1) is 0 Å². The summed E-state index contributed by atoms with van der Waals surface area (Å²) in [5.41, 5.74) is 2.82. The molecule has 2 aliphatic heterocycles. The molecule has 0 bridgehead atoms. The molecule has 3 nitrogen and oxygen atoms in total. The summed E-state index contributed by atoms with van der Waals surface area (Å²) in [4.78, 5) is 0. The number of ether oxygens (including phenoxy) is 2. The van der Waals surface area contributed by atoms with Crippen LogP contribution in [0.3, 0.4) is 0 Å². The Morgan fingerprint density at radius 2 is 2.19 bits per heavy atom. The minimum absolute atomic E-state index is 0.111. The Bertz CT molecular complexity index is 512. The van der Waals surface area contributed by atoms with Crippen LogP contribution in [0.4, 0.5) is 0 Å². The zero-order valence-corrected chi connectivity index (χ0v) is 13.6. The number of fused-ring (bicyclic) bond motifs is 1. The fourth-order valence-corrected chi connectivity index (χ4v) is 3.65. The molecule has 0 aliphatic carbocycles. The van der Waals surface area contributed by atoms with Crippen molar-refractivity contribution in [1.29, 1.82) is 0 Å². The summed E-state index contributed by atoms with van der Waals surface area (Å²) < 4.78 is 11.6. The van der Waals surface area contributed by atoms with Gasteiger partial charge in [0.25, 0.3) is 0 Å². The highest BCUT2D eigenvalue weighted by Crippen LogP contribution is 2.41. The van der Waals surface area contributed by atoms with Crippen LogP contribution in [0.2, 0.25) is 0 Å². The van der Waals surface area contributed by atoms with Crippen molar-refractivity contribution in [3.05, 3.63) is 29.3 Å². The molecule has 3 heteroatoms. The SMILES string of the molecule is CCNC(c1ccc2c(c1)C(C)(C)CO2)C1CCOC1C. The van der Waals surface area contributed by atoms with Gasteiger partial charge in [0.2, 0.25) is 0 Å². The zero-order valence-electron chi connectivity index (χ0n) is 13.6. The molecular weight excluding hydrogens is 262 g/mol. The summed E-state index contributed by atoms with van der Waals surface area (Å²) in [5, 5.41) is 3.67. The first-order valence-electron chi connectivity index (χ1n) is 8.15. The van der Waals surface area contributed by atoms with E-state index in [1.54, 1.807) is 0 Å². The van der Waals surface area contributed by atoms with Crippen LogP contribution >= 0.6 is 0 Å². The van der Waals surface area contributed by atoms with Gasteiger partial charge in [0, 0.05) is 29.5 Å². The Labute approximate surface area is 128 Å². The molecule has 0 radical (unpaired) electrons. The van der Waals surface area contributed by atoms with Crippen molar-refractivity contribution in [1.82, 2.24) is 5.32 Å². The van der Waals surface area contributed by atoms with Gasteiger partial charge in [-0.2, -0.15) is 0 Å². The van der Waals surface area contributed by atoms with Crippen molar-refractivity contribution in [3.8, 4) is 5.75 Å². The van der Waals surface area contributed by atoms with Crippen molar-refractivity contribution in [2.75, 3.05) is 19.8 Å². The molecule has 0 aromatic heterocycles. The molecule has 0 saturated carbocycles. The second-order valence-corrected chi connectivity index (χ2v) is 6.99. The van der Waals surface area contributed by atoms with Crippen molar-refractivity contribution >= 4 is 0 Å². The number of rotatable bonds is 4. The molecule has 1 aromatic carbocycles. The van der Waals surface area contributed by atoms with E-state index in [0.717, 1.165) is 31.9 Å². The van der Waals surface area contributed by atoms with Crippen LogP contribution in [0.1, 0.15) is 51.3 Å². The van der Waals surface area contributed by atoms with E-state index in [9.17, 15) is 0 Å². The molecule has 21 heavy (non-hydrogen) atoms.